The van der Waals surface area contributed by atoms with E-state index in [4.69, 9.17) is 44.9 Å². The molecule has 0 spiro atoms. The first-order chi connectivity index (χ1) is 14.7. The van der Waals surface area contributed by atoms with Crippen LogP contribution < -0.4 is 24.8 Å². The maximum Gasteiger partial charge on any atom is 0.270 e. The van der Waals surface area contributed by atoms with Crippen molar-refractivity contribution in [3.05, 3.63) is 57.6 Å². The Balaban J connectivity index is 1.95. The van der Waals surface area contributed by atoms with Crippen molar-refractivity contribution in [3.8, 4) is 11.5 Å². The van der Waals surface area contributed by atoms with E-state index >= 15 is 0 Å². The molecule has 11 heteroatoms. The molecule has 0 bridgehead atoms. The van der Waals surface area contributed by atoms with Gasteiger partial charge in [0.15, 0.2) is 10.9 Å². The quantitative estimate of drug-likeness (QED) is 0.383. The number of carbonyl (C=O) groups is 3. The molecule has 0 radical (unpaired) electrons. The van der Waals surface area contributed by atoms with E-state index in [1.165, 1.54) is 30.2 Å². The summed E-state index contributed by atoms with van der Waals surface area (Å²) in [6.45, 7) is -0.741. The SMILES string of the molecule is COc1ccc(N2C(=O)/C(=C/c3cc(Cl)c(OCC(=O)[O-])c(Cl)c3)C(=O)NC2=S)cc1. The zero-order valence-electron chi connectivity index (χ0n) is 15.8. The van der Waals surface area contributed by atoms with Crippen LogP contribution in [0.3, 0.4) is 0 Å². The van der Waals surface area contributed by atoms with Gasteiger partial charge in [-0.05, 0) is 60.3 Å². The number of nitrogens with one attached hydrogen (secondary N) is 1. The molecule has 1 heterocycles. The molecular formula is C20H13Cl2N2O6S-. The Bertz CT molecular complexity index is 1090. The lowest BCUT2D eigenvalue weighted by Crippen LogP contribution is -2.54. The molecule has 0 unspecified atom stereocenters. The molecule has 0 atom stereocenters. The molecular weight excluding hydrogens is 467 g/mol. The van der Waals surface area contributed by atoms with Gasteiger partial charge in [0.2, 0.25) is 0 Å². The molecule has 0 saturated carbocycles. The number of hydrogen-bond acceptors (Lipinski definition) is 7. The summed E-state index contributed by atoms with van der Waals surface area (Å²) in [7, 11) is 1.51. The number of halogens is 2. The minimum Gasteiger partial charge on any atom is -0.546 e. The second-order valence-corrected chi connectivity index (χ2v) is 7.33. The van der Waals surface area contributed by atoms with E-state index in [9.17, 15) is 19.5 Å². The first-order valence-corrected chi connectivity index (χ1v) is 9.75. The maximum atomic E-state index is 13.0. The molecule has 0 aromatic heterocycles. The average molecular weight is 480 g/mol. The lowest BCUT2D eigenvalue weighted by atomic mass is 10.1. The molecule has 3 rings (SSSR count). The summed E-state index contributed by atoms with van der Waals surface area (Å²) in [5.74, 6) is -2.26. The standard InChI is InChI=1S/C20H14Cl2N2O6S/c1-29-12-4-2-11(3-5-12)24-19(28)13(18(27)23-20(24)31)6-10-7-14(21)17(15(22)8-10)30-9-16(25)26/h2-8H,9H2,1H3,(H,25,26)(H,23,27,31)/p-1/b13-6+. The molecule has 2 aromatic carbocycles. The minimum atomic E-state index is -1.45. The normalized spacial score (nSPS) is 15.1. The van der Waals surface area contributed by atoms with Crippen molar-refractivity contribution in [2.45, 2.75) is 0 Å². The predicted molar refractivity (Wildman–Crippen MR) is 116 cm³/mol. The highest BCUT2D eigenvalue weighted by atomic mass is 35.5. The van der Waals surface area contributed by atoms with E-state index in [0.29, 0.717) is 17.0 Å². The maximum absolute atomic E-state index is 13.0. The summed E-state index contributed by atoms with van der Waals surface area (Å²) >= 11 is 17.4. The number of rotatable bonds is 6. The van der Waals surface area contributed by atoms with Crippen molar-refractivity contribution in [1.29, 1.82) is 0 Å². The largest absolute Gasteiger partial charge is 0.546 e. The van der Waals surface area contributed by atoms with Gasteiger partial charge in [-0.25, -0.2) is 0 Å². The number of methoxy groups -OCH3 is 1. The van der Waals surface area contributed by atoms with Crippen molar-refractivity contribution in [2.75, 3.05) is 18.6 Å². The lowest BCUT2D eigenvalue weighted by Gasteiger charge is -2.29. The molecule has 1 saturated heterocycles. The van der Waals surface area contributed by atoms with Gasteiger partial charge in [0, 0.05) is 0 Å². The third-order valence-electron chi connectivity index (χ3n) is 4.10. The van der Waals surface area contributed by atoms with Crippen molar-refractivity contribution in [1.82, 2.24) is 5.32 Å². The van der Waals surface area contributed by atoms with Gasteiger partial charge < -0.3 is 19.4 Å². The van der Waals surface area contributed by atoms with Gasteiger partial charge >= 0.3 is 0 Å². The number of thiocarbonyl (C=S) groups is 1. The number of anilines is 1. The number of carboxylic acids is 1. The molecule has 8 nitrogen and oxygen atoms in total. The highest BCUT2D eigenvalue weighted by Gasteiger charge is 2.34. The molecule has 160 valence electrons. The lowest BCUT2D eigenvalue weighted by molar-refractivity contribution is -0.307. The van der Waals surface area contributed by atoms with Crippen LogP contribution in [0.25, 0.3) is 6.08 Å². The van der Waals surface area contributed by atoms with Gasteiger partial charge in [0.25, 0.3) is 11.8 Å². The van der Waals surface area contributed by atoms with Crippen LogP contribution in [0.5, 0.6) is 11.5 Å². The second kappa shape index (κ2) is 9.34. The summed E-state index contributed by atoms with van der Waals surface area (Å²) < 4.78 is 10.1. The Morgan fingerprint density at radius 2 is 1.81 bits per heavy atom. The minimum absolute atomic E-state index is 0.00759. The number of carbonyl (C=O) groups excluding carboxylic acids is 3. The zero-order chi connectivity index (χ0) is 22.7. The van der Waals surface area contributed by atoms with Gasteiger partial charge in [0.05, 0.1) is 28.8 Å². The average Bonchev–Trinajstić information content (AvgIpc) is 2.70. The summed E-state index contributed by atoms with van der Waals surface area (Å²) in [6.07, 6.45) is 1.29. The van der Waals surface area contributed by atoms with E-state index in [2.05, 4.69) is 5.32 Å². The summed E-state index contributed by atoms with van der Waals surface area (Å²) in [4.78, 5) is 37.2. The fourth-order valence-electron chi connectivity index (χ4n) is 2.72. The predicted octanol–water partition coefficient (Wildman–Crippen LogP) is 1.96. The van der Waals surface area contributed by atoms with Crippen LogP contribution in [0.4, 0.5) is 5.69 Å². The Labute approximate surface area is 191 Å². The fourth-order valence-corrected chi connectivity index (χ4v) is 3.62. The van der Waals surface area contributed by atoms with Crippen molar-refractivity contribution >= 4 is 70.1 Å². The van der Waals surface area contributed by atoms with Crippen LogP contribution in [0.1, 0.15) is 5.56 Å². The smallest absolute Gasteiger partial charge is 0.270 e. The number of ether oxygens (including phenoxy) is 2. The number of aliphatic carboxylic acids is 1. The van der Waals surface area contributed by atoms with E-state index in [0.717, 1.165) is 0 Å². The van der Waals surface area contributed by atoms with E-state index in [1.54, 1.807) is 24.3 Å². The number of benzene rings is 2. The summed E-state index contributed by atoms with van der Waals surface area (Å²) in [5.41, 5.74) is 0.542. The van der Waals surface area contributed by atoms with Crippen LogP contribution >= 0.6 is 35.4 Å². The van der Waals surface area contributed by atoms with E-state index in [1.807, 2.05) is 0 Å². The topological polar surface area (TPSA) is 108 Å². The molecule has 2 amide bonds. The second-order valence-electron chi connectivity index (χ2n) is 6.13. The first-order valence-electron chi connectivity index (χ1n) is 8.58. The van der Waals surface area contributed by atoms with Crippen LogP contribution in [0.2, 0.25) is 10.0 Å². The Kier molecular flexibility index (Phi) is 6.79. The summed E-state index contributed by atoms with van der Waals surface area (Å²) in [5, 5.41) is 13.0. The van der Waals surface area contributed by atoms with Crippen LogP contribution in [0.15, 0.2) is 42.0 Å². The fraction of sp³-hybridized carbons (Fsp3) is 0.100. The highest BCUT2D eigenvalue weighted by Crippen LogP contribution is 2.35. The van der Waals surface area contributed by atoms with Gasteiger partial charge in [0.1, 0.15) is 17.9 Å². The third kappa shape index (κ3) is 4.96. The molecule has 1 aliphatic heterocycles. The van der Waals surface area contributed by atoms with Crippen LogP contribution in [-0.4, -0.2) is 36.6 Å². The third-order valence-corrected chi connectivity index (χ3v) is 4.94. The number of amides is 2. The Morgan fingerprint density at radius 1 is 1.19 bits per heavy atom. The van der Waals surface area contributed by atoms with Crippen molar-refractivity contribution in [2.24, 2.45) is 0 Å². The molecule has 0 aliphatic carbocycles. The monoisotopic (exact) mass is 479 g/mol. The Morgan fingerprint density at radius 3 is 2.35 bits per heavy atom. The molecule has 1 fully saturated rings. The molecule has 31 heavy (non-hydrogen) atoms. The molecule has 1 aliphatic rings. The van der Waals surface area contributed by atoms with E-state index < -0.39 is 24.4 Å². The van der Waals surface area contributed by atoms with Gasteiger partial charge in [-0.15, -0.1) is 0 Å². The first kappa shape index (κ1) is 22.5. The number of hydrogen-bond donors (Lipinski definition) is 1. The Hall–Kier alpha value is -3.14. The molecule has 2 aromatic rings. The zero-order valence-corrected chi connectivity index (χ0v) is 18.1. The number of nitrogens with zero attached hydrogens (tertiary/aromatic N) is 1. The summed E-state index contributed by atoms with van der Waals surface area (Å²) in [6, 6.07) is 9.28. The van der Waals surface area contributed by atoms with Gasteiger partial charge in [-0.2, -0.15) is 0 Å². The van der Waals surface area contributed by atoms with Crippen molar-refractivity contribution < 1.29 is 29.0 Å². The van der Waals surface area contributed by atoms with Crippen molar-refractivity contribution in [3.63, 3.8) is 0 Å². The van der Waals surface area contributed by atoms with Gasteiger partial charge in [-0.1, -0.05) is 23.2 Å². The highest BCUT2D eigenvalue weighted by molar-refractivity contribution is 7.80. The number of carboxylic acid groups (broad SMARTS) is 1. The van der Waals surface area contributed by atoms with E-state index in [-0.39, 0.29) is 26.5 Å². The van der Waals surface area contributed by atoms with Gasteiger partial charge in [-0.3, -0.25) is 19.8 Å². The van der Waals surface area contributed by atoms with Crippen LogP contribution in [0, 0.1) is 0 Å². The molecule has 1 N–H and O–H groups in total. The van der Waals surface area contributed by atoms with Crippen LogP contribution in [-0.2, 0) is 14.4 Å².